The molecule has 1 unspecified atom stereocenters. The van der Waals surface area contributed by atoms with Crippen LogP contribution in [0.15, 0.2) is 158 Å². The first-order chi connectivity index (χ1) is 23.1. The maximum atomic E-state index is 2.54. The van der Waals surface area contributed by atoms with Gasteiger partial charge in [0.25, 0.3) is 0 Å². The van der Waals surface area contributed by atoms with Crippen LogP contribution in [0, 0.1) is 0 Å². The van der Waals surface area contributed by atoms with Gasteiger partial charge in [0, 0.05) is 27.9 Å². The van der Waals surface area contributed by atoms with Crippen LogP contribution < -0.4 is 4.90 Å². The molecule has 2 nitrogen and oxygen atoms in total. The first kappa shape index (κ1) is 27.7. The van der Waals surface area contributed by atoms with Crippen LogP contribution in [0.4, 0.5) is 11.4 Å². The van der Waals surface area contributed by atoms with Crippen molar-refractivity contribution in [3.05, 3.63) is 180 Å². The normalized spacial score (nSPS) is 15.7. The molecule has 1 atom stereocenters. The monoisotopic (exact) mass is 604 g/mol. The zero-order valence-corrected chi connectivity index (χ0v) is 26.8. The third kappa shape index (κ3) is 4.40. The third-order valence-corrected chi connectivity index (χ3v) is 10.3. The van der Waals surface area contributed by atoms with Crippen molar-refractivity contribution >= 4 is 28.4 Å². The zero-order valence-electron chi connectivity index (χ0n) is 26.8. The minimum absolute atomic E-state index is 0.0715. The molecule has 0 fully saturated rings. The van der Waals surface area contributed by atoms with E-state index in [-0.39, 0.29) is 11.5 Å². The second-order valence-corrected chi connectivity index (χ2v) is 13.4. The Balaban J connectivity index is 1.22. The van der Waals surface area contributed by atoms with Crippen LogP contribution >= 0.6 is 0 Å². The topological polar surface area (TPSA) is 8.17 Å². The van der Waals surface area contributed by atoms with Crippen LogP contribution in [-0.4, -0.2) is 10.6 Å². The fraction of sp³-hybridized carbons (Fsp3) is 0.111. The second kappa shape index (κ2) is 10.7. The molecule has 226 valence electrons. The van der Waals surface area contributed by atoms with E-state index in [9.17, 15) is 0 Å². The van der Waals surface area contributed by atoms with Gasteiger partial charge in [0.1, 0.15) is 0 Å². The molecule has 0 radical (unpaired) electrons. The number of anilines is 2. The van der Waals surface area contributed by atoms with Gasteiger partial charge in [0.15, 0.2) is 0 Å². The highest BCUT2D eigenvalue weighted by atomic mass is 15.2. The van der Waals surface area contributed by atoms with E-state index in [0.29, 0.717) is 0 Å². The Hall–Kier alpha value is -5.60. The molecule has 0 saturated heterocycles. The summed E-state index contributed by atoms with van der Waals surface area (Å²) in [6, 6.07) is 55.5. The van der Waals surface area contributed by atoms with Gasteiger partial charge in [-0.2, -0.15) is 0 Å². The van der Waals surface area contributed by atoms with Gasteiger partial charge in [-0.3, -0.25) is 0 Å². The molecule has 0 bridgehead atoms. The van der Waals surface area contributed by atoms with Crippen LogP contribution in [0.3, 0.4) is 0 Å². The quantitative estimate of drug-likeness (QED) is 0.190. The molecule has 0 amide bonds. The molecule has 7 aromatic rings. The summed E-state index contributed by atoms with van der Waals surface area (Å²) >= 11 is 0. The van der Waals surface area contributed by atoms with Crippen molar-refractivity contribution in [1.82, 2.24) is 4.57 Å². The van der Waals surface area contributed by atoms with E-state index in [2.05, 4.69) is 187 Å². The lowest BCUT2D eigenvalue weighted by Crippen LogP contribution is -2.33. The minimum atomic E-state index is -0.0715. The van der Waals surface area contributed by atoms with Gasteiger partial charge >= 0.3 is 0 Å². The Morgan fingerprint density at radius 1 is 0.574 bits per heavy atom. The average molecular weight is 605 g/mol. The molecule has 0 N–H and O–H groups in total. The second-order valence-electron chi connectivity index (χ2n) is 13.4. The molecule has 0 spiro atoms. The lowest BCUT2D eigenvalue weighted by Gasteiger charge is -2.35. The van der Waals surface area contributed by atoms with E-state index in [4.69, 9.17) is 0 Å². The molecule has 9 rings (SSSR count). The fourth-order valence-electron chi connectivity index (χ4n) is 8.03. The van der Waals surface area contributed by atoms with E-state index >= 15 is 0 Å². The molecule has 47 heavy (non-hydrogen) atoms. The van der Waals surface area contributed by atoms with Crippen LogP contribution in [0.25, 0.3) is 44.9 Å². The standard InChI is InChI=1S/C45H36N2/c1-45(2)40-23-9-10-25-43(40)47-42-27-26-37(30-39(42)38-22-13-24-41(45)44(38)47)46(35-20-11-18-33(28-35)31-14-5-3-6-15-31)36-21-12-19-34(29-36)32-16-7-4-8-17-32/h3-29,37H,30H2,1-2H3. The Bertz CT molecular complexity index is 2220. The van der Waals surface area contributed by atoms with Crippen molar-refractivity contribution in [2.45, 2.75) is 31.7 Å². The number of benzene rings is 6. The van der Waals surface area contributed by atoms with Gasteiger partial charge in [-0.05, 0) is 81.8 Å². The Morgan fingerprint density at radius 2 is 1.13 bits per heavy atom. The number of fused-ring (bicyclic) bond motifs is 5. The molecule has 1 aliphatic carbocycles. The predicted octanol–water partition coefficient (Wildman–Crippen LogP) is 11.4. The van der Waals surface area contributed by atoms with Gasteiger partial charge in [0.05, 0.1) is 17.2 Å². The summed E-state index contributed by atoms with van der Waals surface area (Å²) < 4.78 is 2.53. The van der Waals surface area contributed by atoms with Crippen molar-refractivity contribution in [2.24, 2.45) is 0 Å². The molecule has 2 heteroatoms. The highest BCUT2D eigenvalue weighted by Gasteiger charge is 2.37. The maximum absolute atomic E-state index is 2.54. The van der Waals surface area contributed by atoms with E-state index in [0.717, 1.165) is 6.42 Å². The Morgan fingerprint density at radius 3 is 1.79 bits per heavy atom. The van der Waals surface area contributed by atoms with Crippen molar-refractivity contribution in [3.8, 4) is 27.9 Å². The molecular formula is C45H36N2. The van der Waals surface area contributed by atoms with E-state index in [1.165, 1.54) is 72.6 Å². The largest absolute Gasteiger partial charge is 0.334 e. The number of para-hydroxylation sites is 2. The van der Waals surface area contributed by atoms with Crippen LogP contribution in [0.5, 0.6) is 0 Å². The smallest absolute Gasteiger partial charge is 0.0578 e. The summed E-state index contributed by atoms with van der Waals surface area (Å²) in [4.78, 5) is 2.54. The summed E-state index contributed by atoms with van der Waals surface area (Å²) in [6.45, 7) is 4.74. The van der Waals surface area contributed by atoms with Gasteiger partial charge in [0.2, 0.25) is 0 Å². The third-order valence-electron chi connectivity index (χ3n) is 10.3. The number of nitrogens with zero attached hydrogens (tertiary/aromatic N) is 2. The van der Waals surface area contributed by atoms with Crippen molar-refractivity contribution in [2.75, 3.05) is 4.90 Å². The molecule has 2 aliphatic rings. The van der Waals surface area contributed by atoms with Crippen molar-refractivity contribution < 1.29 is 0 Å². The highest BCUT2D eigenvalue weighted by molar-refractivity contribution is 5.96. The first-order valence-corrected chi connectivity index (χ1v) is 16.6. The molecule has 1 aromatic heterocycles. The van der Waals surface area contributed by atoms with Crippen molar-refractivity contribution in [3.63, 3.8) is 0 Å². The highest BCUT2D eigenvalue weighted by Crippen LogP contribution is 2.48. The van der Waals surface area contributed by atoms with Crippen LogP contribution in [0.2, 0.25) is 0 Å². The molecule has 2 heterocycles. The van der Waals surface area contributed by atoms with E-state index in [1.54, 1.807) is 0 Å². The van der Waals surface area contributed by atoms with Gasteiger partial charge in [-0.15, -0.1) is 0 Å². The van der Waals surface area contributed by atoms with Crippen LogP contribution in [0.1, 0.15) is 36.2 Å². The van der Waals surface area contributed by atoms with Crippen LogP contribution in [-0.2, 0) is 11.8 Å². The summed E-state index contributed by atoms with van der Waals surface area (Å²) in [5, 5.41) is 1.37. The van der Waals surface area contributed by atoms with E-state index < -0.39 is 0 Å². The fourth-order valence-corrected chi connectivity index (χ4v) is 8.03. The minimum Gasteiger partial charge on any atom is -0.334 e. The first-order valence-electron chi connectivity index (χ1n) is 16.6. The Kier molecular flexibility index (Phi) is 6.33. The summed E-state index contributed by atoms with van der Waals surface area (Å²) in [6.07, 6.45) is 5.72. The lowest BCUT2D eigenvalue weighted by atomic mass is 9.74. The lowest BCUT2D eigenvalue weighted by molar-refractivity contribution is 0.628. The van der Waals surface area contributed by atoms with Crippen molar-refractivity contribution in [1.29, 1.82) is 0 Å². The number of hydrogen-bond donors (Lipinski definition) is 0. The number of aromatic nitrogens is 1. The molecule has 1 aliphatic heterocycles. The zero-order chi connectivity index (χ0) is 31.5. The number of hydrogen-bond acceptors (Lipinski definition) is 1. The number of rotatable bonds is 5. The molecule has 0 saturated carbocycles. The SMILES string of the molecule is CC1(C)c2ccccc2-n2c3c(c4cccc1c42)CC(N(c1cccc(-c2ccccc2)c1)c1cccc(-c2ccccc2)c1)C=C3. The van der Waals surface area contributed by atoms with E-state index in [1.807, 2.05) is 0 Å². The average Bonchev–Trinajstić information content (AvgIpc) is 3.46. The predicted molar refractivity (Wildman–Crippen MR) is 198 cm³/mol. The Labute approximate surface area is 276 Å². The van der Waals surface area contributed by atoms with Gasteiger partial charge < -0.3 is 9.47 Å². The van der Waals surface area contributed by atoms with Gasteiger partial charge in [-0.25, -0.2) is 0 Å². The maximum Gasteiger partial charge on any atom is 0.0578 e. The summed E-state index contributed by atoms with van der Waals surface area (Å²) in [5.41, 5.74) is 15.4. The molecule has 6 aromatic carbocycles. The molecular weight excluding hydrogens is 569 g/mol. The summed E-state index contributed by atoms with van der Waals surface area (Å²) in [5.74, 6) is 0. The van der Waals surface area contributed by atoms with Gasteiger partial charge in [-0.1, -0.05) is 141 Å². The summed E-state index contributed by atoms with van der Waals surface area (Å²) in [7, 11) is 0.